The number of aromatic amines is 1. The number of carboxylic acid groups (broad SMARTS) is 1. The molecule has 84 heavy (non-hydrogen) atoms. The number of carbonyl (C=O) groups is 1. The number of fused-ring (bicyclic) bond motifs is 10. The number of nitriles is 2. The maximum absolute atomic E-state index is 12.0. The molecule has 0 saturated carbocycles. The van der Waals surface area contributed by atoms with Gasteiger partial charge in [0.1, 0.15) is 43.6 Å². The molecule has 0 aliphatic rings. The first-order chi connectivity index (χ1) is 38.6. The van der Waals surface area contributed by atoms with Gasteiger partial charge in [-0.3, -0.25) is 23.4 Å². The third-order valence-corrected chi connectivity index (χ3v) is 13.6. The molecule has 4 heterocycles. The van der Waals surface area contributed by atoms with Crippen molar-refractivity contribution in [2.45, 2.75) is 14.7 Å². The van der Waals surface area contributed by atoms with Crippen LogP contribution in [0.3, 0.4) is 0 Å². The standard InChI is InChI=1S/C30H12N12O8S2.C14H11N5O8S2.2CH3.Ni/c1-33-27-28(34-2)42-30(36-27)40-38-26-20-8-6-18(52(43,44)45)12-16(20)4-10-24(26)48-47-23-9-3-15-11-17(46-49-50-51)5-7-19(15)25(23)37-39-29-35-21(13-31)22(14-32)41(29)42;1-28(23,24)9-4-6-2-3-7(29(25,26)27)5-8(6)10(11(9)20)16-18-14-15-12(13(21)22)17-19-14;;;/h3-12,51H,(H,43,44,45);2-5,20H,1H2,(H,21,22)(H,23,24)(H,15,17,19)(H,25,26,27);2*1H3;/q;;2*-1;+2. The Morgan fingerprint density at radius 1 is 0.738 bits per heavy atom. The fourth-order valence-electron chi connectivity index (χ4n) is 7.38. The Labute approximate surface area is 484 Å². The molecular formula is C46H29N17NiO16S4. The predicted octanol–water partition coefficient (Wildman–Crippen LogP) is 7.82. The van der Waals surface area contributed by atoms with E-state index in [9.17, 15) is 55.1 Å². The van der Waals surface area contributed by atoms with Gasteiger partial charge in [-0.15, -0.1) is 44.0 Å². The molecule has 4 aromatic heterocycles. The van der Waals surface area contributed by atoms with Crippen LogP contribution in [0.1, 0.15) is 22.0 Å². The third-order valence-electron chi connectivity index (χ3n) is 10.8. The average molecular weight is 1260 g/mol. The Hall–Kier alpha value is -10.3. The number of H-pyrrole nitrogens is 1. The Kier molecular flexibility index (Phi) is 18.6. The van der Waals surface area contributed by atoms with E-state index in [-0.39, 0.29) is 80.8 Å². The normalized spacial score (nSPS) is 11.8. The number of thiol groups is 1. The van der Waals surface area contributed by atoms with Crippen LogP contribution >= 0.6 is 12.9 Å². The number of phenols is 1. The molecule has 10 rings (SSSR count). The number of aromatic hydroxyl groups is 1. The summed E-state index contributed by atoms with van der Waals surface area (Å²) in [5.41, 5.74) is -1.36. The van der Waals surface area contributed by atoms with Crippen molar-refractivity contribution in [2.75, 3.05) is 0 Å². The van der Waals surface area contributed by atoms with Crippen LogP contribution in [0.5, 0.6) is 11.5 Å². The molecule has 1 unspecified atom stereocenters. The van der Waals surface area contributed by atoms with Crippen molar-refractivity contribution in [1.29, 1.82) is 10.5 Å². The number of aromatic nitrogens is 11. The summed E-state index contributed by atoms with van der Waals surface area (Å²) >= 11 is 3.46. The summed E-state index contributed by atoms with van der Waals surface area (Å²) in [6, 6.07) is 22.2. The first-order valence-electron chi connectivity index (χ1n) is 21.3. The summed E-state index contributed by atoms with van der Waals surface area (Å²) < 4.78 is 105. The summed E-state index contributed by atoms with van der Waals surface area (Å²) in [5.74, 6) is -1.66. The van der Waals surface area contributed by atoms with Crippen LogP contribution in [-0.4, -0.2) is 111 Å². The van der Waals surface area contributed by atoms with E-state index in [0.29, 0.717) is 10.8 Å². The van der Waals surface area contributed by atoms with Gasteiger partial charge < -0.3 is 44.2 Å². The van der Waals surface area contributed by atoms with E-state index < -0.39 is 108 Å². The predicted molar refractivity (Wildman–Crippen MR) is 289 cm³/mol. The maximum Gasteiger partial charge on any atom is 2.00 e. The maximum atomic E-state index is 12.0. The summed E-state index contributed by atoms with van der Waals surface area (Å²) in [5, 5.41) is 75.0. The van der Waals surface area contributed by atoms with Crippen molar-refractivity contribution in [2.24, 2.45) is 10.2 Å². The monoisotopic (exact) mass is 1260 g/mol. The van der Waals surface area contributed by atoms with Gasteiger partial charge in [0, 0.05) is 29.1 Å². The number of hydrogen-bond donors (Lipinski definition) is 7. The van der Waals surface area contributed by atoms with Gasteiger partial charge in [-0.1, -0.05) is 47.5 Å². The van der Waals surface area contributed by atoms with Crippen LogP contribution in [0.4, 0.5) is 23.3 Å². The second-order valence-corrected chi connectivity index (χ2v) is 20.4. The van der Waals surface area contributed by atoms with Gasteiger partial charge in [0.25, 0.3) is 43.6 Å². The fourth-order valence-corrected chi connectivity index (χ4v) is 9.14. The van der Waals surface area contributed by atoms with Gasteiger partial charge in [-0.25, -0.2) is 9.00 Å². The van der Waals surface area contributed by atoms with Gasteiger partial charge >= 0.3 is 28.2 Å². The third kappa shape index (κ3) is 12.4. The summed E-state index contributed by atoms with van der Waals surface area (Å²) in [7, 11) is -13.1. The molecule has 6 N–H and O–H groups in total. The molecule has 38 heteroatoms. The van der Waals surface area contributed by atoms with Crippen molar-refractivity contribution in [3.8, 4) is 23.6 Å². The quantitative estimate of drug-likeness (QED) is 0.00833. The van der Waals surface area contributed by atoms with Gasteiger partial charge in [-0.05, 0) is 87.7 Å². The van der Waals surface area contributed by atoms with E-state index in [1.807, 2.05) is 6.07 Å². The first-order valence-corrected chi connectivity index (χ1v) is 26.2. The zero-order valence-electron chi connectivity index (χ0n) is 41.7. The van der Waals surface area contributed by atoms with E-state index in [4.69, 9.17) is 32.3 Å². The largest absolute Gasteiger partial charge is 2.00 e. The number of aromatic carboxylic acids is 1. The molecule has 0 fully saturated rings. The number of phenolic OH excluding ortho intramolecular Hbond substituents is 1. The Balaban J connectivity index is 0.000000302. The van der Waals surface area contributed by atoms with Crippen LogP contribution < -0.4 is 4.89 Å². The molecule has 33 nitrogen and oxygen atoms in total. The van der Waals surface area contributed by atoms with Crippen LogP contribution in [0.25, 0.3) is 75.8 Å². The van der Waals surface area contributed by atoms with Crippen LogP contribution in [0.15, 0.2) is 119 Å². The van der Waals surface area contributed by atoms with Gasteiger partial charge in [0.2, 0.25) is 17.0 Å². The van der Waals surface area contributed by atoms with Crippen LogP contribution in [0, 0.1) is 50.7 Å². The molecule has 6 aromatic carbocycles. The molecule has 0 saturated heterocycles. The Bertz CT molecular complexity index is 5120. The van der Waals surface area contributed by atoms with E-state index in [2.05, 4.69) is 93.6 Å². The zero-order chi connectivity index (χ0) is 58.1. The Morgan fingerprint density at radius 3 is 1.86 bits per heavy atom. The SMILES string of the molecule is C=S(=O)(O)c1cc2ccc(S(=O)(=O)O)cc2c(N=Nc2n[nH]c(C(=O)O)n2)c1O.[C-]#[N+]c1nc2nnc3c(ccc4cc(S(=O)(=O)O)ccc43)ooc3ccc4cc(OOOS)ccc4c3nnc3nc(C#N)c(C#N)n3n2c1[N+]#[C-].[CH3-].[CH3-].[Ni+2]. The van der Waals surface area contributed by atoms with E-state index in [1.165, 1.54) is 42.5 Å². The molecule has 428 valence electrons. The number of imidazole rings is 2. The minimum Gasteiger partial charge on any atom is -0.504 e. The van der Waals surface area contributed by atoms with Crippen LogP contribution in [-0.2, 0) is 55.9 Å². The minimum atomic E-state index is -4.60. The van der Waals surface area contributed by atoms with E-state index in [0.717, 1.165) is 33.3 Å². The second-order valence-electron chi connectivity index (χ2n) is 15.7. The molecule has 0 radical (unpaired) electrons. The number of nitrogens with one attached hydrogen (secondary N) is 1. The second kappa shape index (κ2) is 24.8. The van der Waals surface area contributed by atoms with Gasteiger partial charge in [-0.2, -0.15) is 37.3 Å². The Morgan fingerprint density at radius 2 is 1.31 bits per heavy atom. The molecule has 0 amide bonds. The zero-order valence-corrected chi connectivity index (χ0v) is 46.0. The topological polar surface area (TPSA) is 466 Å². The van der Waals surface area contributed by atoms with E-state index in [1.54, 1.807) is 24.3 Å². The number of nitrogens with zero attached hydrogens (tertiary/aromatic N) is 16. The molecule has 10 aromatic rings. The minimum absolute atomic E-state index is 0. The van der Waals surface area contributed by atoms with Gasteiger partial charge in [0.15, 0.2) is 22.9 Å². The smallest absolute Gasteiger partial charge is 0.504 e. The number of benzene rings is 6. The fraction of sp³-hybridized carbons (Fsp3) is 0. The number of hydrogen-bond acceptors (Lipinski definition) is 25. The molecule has 0 spiro atoms. The van der Waals surface area contributed by atoms with Crippen molar-refractivity contribution >= 4 is 144 Å². The number of rotatable bonds is 9. The molecular weight excluding hydrogens is 1230 g/mol. The molecule has 0 aliphatic carbocycles. The molecule has 0 aliphatic heterocycles. The number of azo groups is 1. The van der Waals surface area contributed by atoms with Crippen LogP contribution in [0.2, 0.25) is 0 Å². The average Bonchev–Trinajstić information content (AvgIpc) is 3.27. The van der Waals surface area contributed by atoms with Crippen molar-refractivity contribution < 1.29 is 89.6 Å². The first kappa shape index (κ1) is 62.8. The summed E-state index contributed by atoms with van der Waals surface area (Å²) in [6.07, 6.45) is 0. The van der Waals surface area contributed by atoms with Crippen molar-refractivity contribution in [1.82, 2.24) is 54.6 Å². The summed E-state index contributed by atoms with van der Waals surface area (Å²) in [6.45, 7) is 15.5. The number of carboxylic acids is 1. The van der Waals surface area contributed by atoms with Crippen molar-refractivity contribution in [3.05, 3.63) is 140 Å². The summed E-state index contributed by atoms with van der Waals surface area (Å²) in [4.78, 5) is 32.9. The molecule has 1 atom stereocenters. The van der Waals surface area contributed by atoms with E-state index >= 15 is 0 Å². The van der Waals surface area contributed by atoms with Gasteiger partial charge in [0.05, 0.1) is 9.79 Å². The molecule has 0 bridgehead atoms. The van der Waals surface area contributed by atoms with Crippen molar-refractivity contribution in [3.63, 3.8) is 0 Å².